The summed E-state index contributed by atoms with van der Waals surface area (Å²) in [7, 11) is 4.66. The number of hydrogen-bond acceptors (Lipinski definition) is 5. The smallest absolute Gasteiger partial charge is 0.267 e. The van der Waals surface area contributed by atoms with E-state index in [4.69, 9.17) is 14.2 Å². The third-order valence-electron chi connectivity index (χ3n) is 5.78. The first-order valence-corrected chi connectivity index (χ1v) is 9.73. The van der Waals surface area contributed by atoms with Crippen molar-refractivity contribution in [2.24, 2.45) is 5.92 Å². The Labute approximate surface area is 165 Å². The Morgan fingerprint density at radius 2 is 1.82 bits per heavy atom. The first kappa shape index (κ1) is 20.3. The molecule has 0 bridgehead atoms. The molecule has 1 aromatic carbocycles. The van der Waals surface area contributed by atoms with Crippen LogP contribution in [0.5, 0.6) is 17.2 Å². The van der Waals surface area contributed by atoms with Gasteiger partial charge in [0.05, 0.1) is 32.4 Å². The number of hydrogen-bond donors (Lipinski definition) is 3. The summed E-state index contributed by atoms with van der Waals surface area (Å²) < 4.78 is 16.2. The number of amides is 1. The van der Waals surface area contributed by atoms with E-state index in [1.807, 2.05) is 6.92 Å². The van der Waals surface area contributed by atoms with Crippen molar-refractivity contribution >= 4 is 16.8 Å². The number of carbonyl (C=O) groups excluding carboxylic acids is 1. The Kier molecular flexibility index (Phi) is 6.03. The van der Waals surface area contributed by atoms with Gasteiger partial charge in [0.25, 0.3) is 5.91 Å². The van der Waals surface area contributed by atoms with E-state index in [9.17, 15) is 9.90 Å². The summed E-state index contributed by atoms with van der Waals surface area (Å²) in [5.41, 5.74) is 0.0860. The molecular weight excluding hydrogens is 360 g/mol. The van der Waals surface area contributed by atoms with Gasteiger partial charge in [-0.3, -0.25) is 4.79 Å². The lowest BCUT2D eigenvalue weighted by Gasteiger charge is -2.35. The van der Waals surface area contributed by atoms with Crippen LogP contribution in [0.2, 0.25) is 0 Å². The van der Waals surface area contributed by atoms with Crippen molar-refractivity contribution < 1.29 is 24.1 Å². The van der Waals surface area contributed by atoms with Gasteiger partial charge in [-0.1, -0.05) is 19.3 Å². The Bertz CT molecular complexity index is 837. The molecule has 28 heavy (non-hydrogen) atoms. The van der Waals surface area contributed by atoms with E-state index in [1.54, 1.807) is 33.5 Å². The molecule has 1 atom stereocenters. The van der Waals surface area contributed by atoms with Crippen LogP contribution in [0.15, 0.2) is 12.1 Å². The molecule has 1 heterocycles. The maximum Gasteiger partial charge on any atom is 0.267 e. The highest BCUT2D eigenvalue weighted by atomic mass is 16.5. The summed E-state index contributed by atoms with van der Waals surface area (Å²) in [6, 6.07) is 3.45. The van der Waals surface area contributed by atoms with Crippen molar-refractivity contribution in [3.8, 4) is 17.2 Å². The molecule has 0 radical (unpaired) electrons. The van der Waals surface area contributed by atoms with Crippen LogP contribution in [0.4, 0.5) is 0 Å². The van der Waals surface area contributed by atoms with Crippen molar-refractivity contribution in [1.82, 2.24) is 10.3 Å². The average Bonchev–Trinajstić information content (AvgIpc) is 3.16. The number of nitrogens with one attached hydrogen (secondary N) is 2. The lowest BCUT2D eigenvalue weighted by atomic mass is 9.78. The minimum absolute atomic E-state index is 0.212. The highest BCUT2D eigenvalue weighted by molar-refractivity contribution is 6.02. The van der Waals surface area contributed by atoms with Gasteiger partial charge in [-0.15, -0.1) is 0 Å². The van der Waals surface area contributed by atoms with E-state index in [0.29, 0.717) is 28.5 Å². The number of ether oxygens (including phenoxy) is 3. The number of aliphatic hydroxyl groups is 1. The number of H-pyrrole nitrogens is 1. The van der Waals surface area contributed by atoms with Crippen LogP contribution in [0.25, 0.3) is 10.9 Å². The quantitative estimate of drug-likeness (QED) is 0.675. The molecule has 1 aliphatic carbocycles. The molecule has 7 nitrogen and oxygen atoms in total. The van der Waals surface area contributed by atoms with Gasteiger partial charge < -0.3 is 29.6 Å². The SMILES string of the molecule is COc1cc(OC)c2cc(C(=O)NC[C@@](C)(O)C3CCCCC3)[nH]c2c1OC. The normalized spacial score (nSPS) is 17.2. The minimum Gasteiger partial charge on any atom is -0.496 e. The zero-order valence-electron chi connectivity index (χ0n) is 17.1. The van der Waals surface area contributed by atoms with Crippen molar-refractivity contribution in [3.63, 3.8) is 0 Å². The average molecular weight is 390 g/mol. The van der Waals surface area contributed by atoms with E-state index in [2.05, 4.69) is 10.3 Å². The van der Waals surface area contributed by atoms with Crippen LogP contribution in [0.1, 0.15) is 49.5 Å². The van der Waals surface area contributed by atoms with Crippen LogP contribution in [-0.4, -0.2) is 49.5 Å². The fraction of sp³-hybridized carbons (Fsp3) is 0.571. The molecule has 0 unspecified atom stereocenters. The molecule has 0 spiro atoms. The number of aromatic nitrogens is 1. The molecule has 3 rings (SSSR count). The summed E-state index contributed by atoms with van der Waals surface area (Å²) in [5, 5.41) is 14.4. The van der Waals surface area contributed by atoms with Gasteiger partial charge in [-0.05, 0) is 31.7 Å². The number of methoxy groups -OCH3 is 3. The molecule has 2 aromatic rings. The van der Waals surface area contributed by atoms with Gasteiger partial charge in [0, 0.05) is 18.0 Å². The lowest BCUT2D eigenvalue weighted by molar-refractivity contribution is -0.0143. The monoisotopic (exact) mass is 390 g/mol. The van der Waals surface area contributed by atoms with Gasteiger partial charge in [-0.2, -0.15) is 0 Å². The Balaban J connectivity index is 1.82. The molecule has 1 aromatic heterocycles. The highest BCUT2D eigenvalue weighted by Gasteiger charge is 2.33. The van der Waals surface area contributed by atoms with Gasteiger partial charge in [-0.25, -0.2) is 0 Å². The van der Waals surface area contributed by atoms with Gasteiger partial charge >= 0.3 is 0 Å². The summed E-state index contributed by atoms with van der Waals surface area (Å²) >= 11 is 0. The number of carbonyl (C=O) groups is 1. The van der Waals surface area contributed by atoms with Crippen molar-refractivity contribution in [3.05, 3.63) is 17.8 Å². The summed E-state index contributed by atoms with van der Waals surface area (Å²) in [5.74, 6) is 1.54. The Hall–Kier alpha value is -2.41. The zero-order chi connectivity index (χ0) is 20.3. The fourth-order valence-electron chi connectivity index (χ4n) is 4.08. The maximum absolute atomic E-state index is 12.7. The first-order valence-electron chi connectivity index (χ1n) is 9.73. The standard InChI is InChI=1S/C21H30N2O5/c1-21(25,13-8-6-5-7-9-13)12-22-20(24)15-10-14-16(26-2)11-17(27-3)19(28-4)18(14)23-15/h10-11,13,23,25H,5-9,12H2,1-4H3,(H,22,24)/t21-/m1/s1. The lowest BCUT2D eigenvalue weighted by Crippen LogP contribution is -2.46. The summed E-state index contributed by atoms with van der Waals surface area (Å²) in [4.78, 5) is 15.8. The number of benzene rings is 1. The Morgan fingerprint density at radius 3 is 2.43 bits per heavy atom. The molecule has 3 N–H and O–H groups in total. The second-order valence-electron chi connectivity index (χ2n) is 7.66. The molecule has 154 valence electrons. The second kappa shape index (κ2) is 8.31. The zero-order valence-corrected chi connectivity index (χ0v) is 17.1. The van der Waals surface area contributed by atoms with Gasteiger partial charge in [0.2, 0.25) is 0 Å². The number of aromatic amines is 1. The minimum atomic E-state index is -0.916. The Morgan fingerprint density at radius 1 is 1.14 bits per heavy atom. The topological polar surface area (TPSA) is 92.8 Å². The highest BCUT2D eigenvalue weighted by Crippen LogP contribution is 2.41. The van der Waals surface area contributed by atoms with Crippen LogP contribution in [0.3, 0.4) is 0 Å². The third kappa shape index (κ3) is 3.90. The van der Waals surface area contributed by atoms with Crippen LogP contribution in [-0.2, 0) is 0 Å². The van der Waals surface area contributed by atoms with E-state index in [-0.39, 0.29) is 18.4 Å². The van der Waals surface area contributed by atoms with E-state index >= 15 is 0 Å². The van der Waals surface area contributed by atoms with Crippen LogP contribution >= 0.6 is 0 Å². The van der Waals surface area contributed by atoms with Crippen molar-refractivity contribution in [2.45, 2.75) is 44.6 Å². The summed E-state index contributed by atoms with van der Waals surface area (Å²) in [6.45, 7) is 2.02. The van der Waals surface area contributed by atoms with E-state index in [1.165, 1.54) is 6.42 Å². The molecule has 1 aliphatic rings. The largest absolute Gasteiger partial charge is 0.496 e. The van der Waals surface area contributed by atoms with Crippen molar-refractivity contribution in [2.75, 3.05) is 27.9 Å². The summed E-state index contributed by atoms with van der Waals surface area (Å²) in [6.07, 6.45) is 5.50. The fourth-order valence-corrected chi connectivity index (χ4v) is 4.08. The predicted molar refractivity (Wildman–Crippen MR) is 107 cm³/mol. The van der Waals surface area contributed by atoms with Crippen LogP contribution < -0.4 is 19.5 Å². The van der Waals surface area contributed by atoms with E-state index in [0.717, 1.165) is 31.1 Å². The molecule has 1 fully saturated rings. The molecule has 1 saturated carbocycles. The van der Waals surface area contributed by atoms with Gasteiger partial charge in [0.1, 0.15) is 11.4 Å². The predicted octanol–water partition coefficient (Wildman–Crippen LogP) is 3.25. The number of fused-ring (bicyclic) bond motifs is 1. The van der Waals surface area contributed by atoms with Crippen LogP contribution in [0, 0.1) is 5.92 Å². The van der Waals surface area contributed by atoms with Crippen molar-refractivity contribution in [1.29, 1.82) is 0 Å². The van der Waals surface area contributed by atoms with E-state index < -0.39 is 5.60 Å². The third-order valence-corrected chi connectivity index (χ3v) is 5.78. The van der Waals surface area contributed by atoms with Gasteiger partial charge in [0.15, 0.2) is 11.5 Å². The molecule has 1 amide bonds. The maximum atomic E-state index is 12.7. The second-order valence-corrected chi connectivity index (χ2v) is 7.66. The molecule has 0 saturated heterocycles. The molecular formula is C21H30N2O5. The number of rotatable bonds is 7. The first-order chi connectivity index (χ1) is 13.4. The molecule has 7 heteroatoms. The molecule has 0 aliphatic heterocycles.